The fourth-order valence-electron chi connectivity index (χ4n) is 2.46. The molecule has 1 amide bonds. The van der Waals surface area contributed by atoms with Crippen molar-refractivity contribution in [2.24, 2.45) is 4.99 Å². The number of ether oxygens (including phenoxy) is 2. The zero-order valence-electron chi connectivity index (χ0n) is 14.9. The highest BCUT2D eigenvalue weighted by Gasteiger charge is 2.13. The second kappa shape index (κ2) is 8.99. The summed E-state index contributed by atoms with van der Waals surface area (Å²) in [6, 6.07) is 10.9. The Hall–Kier alpha value is -2.71. The second-order valence-corrected chi connectivity index (χ2v) is 7.06. The molecular formula is C19H16ClFN2O4S. The number of esters is 1. The van der Waals surface area contributed by atoms with Crippen LogP contribution in [0.4, 0.5) is 4.39 Å². The standard InChI is InChI=1S/C19H16ClFN2O4S/c1-2-26-18(25)10-23-14-8-7-12(20)9-16(14)28-19(23)22-17(24)11-27-15-6-4-3-5-13(15)21/h3-9H,2,10-11H2,1H3. The molecule has 0 aliphatic carbocycles. The number of nitrogens with zero attached hydrogens (tertiary/aromatic N) is 2. The van der Waals surface area contributed by atoms with Gasteiger partial charge in [0.05, 0.1) is 16.8 Å². The van der Waals surface area contributed by atoms with Gasteiger partial charge in [-0.1, -0.05) is 35.1 Å². The van der Waals surface area contributed by atoms with Gasteiger partial charge in [0.2, 0.25) is 0 Å². The van der Waals surface area contributed by atoms with E-state index in [2.05, 4.69) is 4.99 Å². The SMILES string of the molecule is CCOC(=O)Cn1c(=NC(=O)COc2ccccc2F)sc2cc(Cl)ccc21. The third kappa shape index (κ3) is 4.76. The van der Waals surface area contributed by atoms with Crippen molar-refractivity contribution in [2.45, 2.75) is 13.5 Å². The van der Waals surface area contributed by atoms with Crippen molar-refractivity contribution in [1.82, 2.24) is 4.57 Å². The number of carbonyl (C=O) groups excluding carboxylic acids is 2. The Morgan fingerprint density at radius 2 is 2.04 bits per heavy atom. The minimum absolute atomic E-state index is 0.0337. The maximum atomic E-state index is 13.6. The van der Waals surface area contributed by atoms with Gasteiger partial charge >= 0.3 is 5.97 Å². The third-order valence-corrected chi connectivity index (χ3v) is 4.92. The summed E-state index contributed by atoms with van der Waals surface area (Å²) < 4.78 is 26.1. The van der Waals surface area contributed by atoms with Crippen LogP contribution in [-0.4, -0.2) is 29.7 Å². The van der Waals surface area contributed by atoms with Crippen molar-refractivity contribution < 1.29 is 23.5 Å². The maximum absolute atomic E-state index is 13.6. The van der Waals surface area contributed by atoms with Crippen molar-refractivity contribution in [3.05, 3.63) is 58.1 Å². The molecule has 0 aliphatic heterocycles. The van der Waals surface area contributed by atoms with Crippen LogP contribution < -0.4 is 9.54 Å². The monoisotopic (exact) mass is 422 g/mol. The van der Waals surface area contributed by atoms with Crippen LogP contribution in [0.5, 0.6) is 5.75 Å². The summed E-state index contributed by atoms with van der Waals surface area (Å²) in [7, 11) is 0. The summed E-state index contributed by atoms with van der Waals surface area (Å²) in [6.07, 6.45) is 0. The first-order chi connectivity index (χ1) is 13.5. The Morgan fingerprint density at radius 3 is 2.79 bits per heavy atom. The number of hydrogen-bond acceptors (Lipinski definition) is 5. The fraction of sp³-hybridized carbons (Fsp3) is 0.211. The smallest absolute Gasteiger partial charge is 0.326 e. The lowest BCUT2D eigenvalue weighted by Gasteiger charge is -2.06. The van der Waals surface area contributed by atoms with Crippen LogP contribution in [-0.2, 0) is 20.9 Å². The molecule has 0 unspecified atom stereocenters. The number of carbonyl (C=O) groups is 2. The van der Waals surface area contributed by atoms with Crippen LogP contribution in [0.25, 0.3) is 10.2 Å². The van der Waals surface area contributed by atoms with Gasteiger partial charge in [0, 0.05) is 5.02 Å². The van der Waals surface area contributed by atoms with Gasteiger partial charge in [-0.05, 0) is 37.3 Å². The highest BCUT2D eigenvalue weighted by Crippen LogP contribution is 2.22. The first-order valence-corrected chi connectivity index (χ1v) is 9.56. The zero-order chi connectivity index (χ0) is 20.1. The first-order valence-electron chi connectivity index (χ1n) is 8.37. The number of aromatic nitrogens is 1. The molecule has 0 radical (unpaired) electrons. The van der Waals surface area contributed by atoms with Crippen molar-refractivity contribution in [2.75, 3.05) is 13.2 Å². The molecule has 0 saturated heterocycles. The molecule has 146 valence electrons. The highest BCUT2D eigenvalue weighted by atomic mass is 35.5. The molecule has 0 bridgehead atoms. The second-order valence-electron chi connectivity index (χ2n) is 5.61. The lowest BCUT2D eigenvalue weighted by atomic mass is 10.3. The minimum Gasteiger partial charge on any atom is -0.481 e. The van der Waals surface area contributed by atoms with E-state index in [1.54, 1.807) is 35.8 Å². The van der Waals surface area contributed by atoms with E-state index in [1.165, 1.54) is 29.5 Å². The number of hydrogen-bond donors (Lipinski definition) is 0. The van der Waals surface area contributed by atoms with Gasteiger partial charge in [-0.3, -0.25) is 9.59 Å². The number of rotatable bonds is 6. The van der Waals surface area contributed by atoms with E-state index in [1.807, 2.05) is 0 Å². The van der Waals surface area contributed by atoms with Gasteiger partial charge in [-0.15, -0.1) is 0 Å². The molecule has 0 atom stereocenters. The van der Waals surface area contributed by atoms with Crippen LogP contribution in [0.1, 0.15) is 6.92 Å². The number of halogens is 2. The third-order valence-electron chi connectivity index (χ3n) is 3.65. The molecule has 9 heteroatoms. The van der Waals surface area contributed by atoms with Gasteiger partial charge < -0.3 is 14.0 Å². The Balaban J connectivity index is 1.90. The van der Waals surface area contributed by atoms with E-state index in [0.29, 0.717) is 15.3 Å². The van der Waals surface area contributed by atoms with Crippen molar-refractivity contribution in [3.8, 4) is 5.75 Å². The average Bonchev–Trinajstić information content (AvgIpc) is 2.97. The van der Waals surface area contributed by atoms with E-state index >= 15 is 0 Å². The maximum Gasteiger partial charge on any atom is 0.326 e. The predicted molar refractivity (Wildman–Crippen MR) is 104 cm³/mol. The first kappa shape index (κ1) is 20.0. The molecule has 0 N–H and O–H groups in total. The summed E-state index contributed by atoms with van der Waals surface area (Å²) in [5, 5.41) is 0.526. The Kier molecular flexibility index (Phi) is 6.43. The molecule has 3 rings (SSSR count). The molecule has 6 nitrogen and oxygen atoms in total. The lowest BCUT2D eigenvalue weighted by molar-refractivity contribution is -0.143. The van der Waals surface area contributed by atoms with Crippen molar-refractivity contribution >= 4 is 45.0 Å². The molecule has 2 aromatic carbocycles. The van der Waals surface area contributed by atoms with Gasteiger partial charge in [-0.2, -0.15) is 4.99 Å². The summed E-state index contributed by atoms with van der Waals surface area (Å²) in [6.45, 7) is 1.42. The summed E-state index contributed by atoms with van der Waals surface area (Å²) in [5.74, 6) is -1.66. The van der Waals surface area contributed by atoms with Crippen LogP contribution in [0.15, 0.2) is 47.5 Å². The zero-order valence-corrected chi connectivity index (χ0v) is 16.4. The molecule has 28 heavy (non-hydrogen) atoms. The van der Waals surface area contributed by atoms with Crippen molar-refractivity contribution in [1.29, 1.82) is 0 Å². The summed E-state index contributed by atoms with van der Waals surface area (Å²) in [4.78, 5) is 28.5. The Labute approximate surface area is 168 Å². The van der Waals surface area contributed by atoms with Gasteiger partial charge in [0.25, 0.3) is 5.91 Å². The molecule has 3 aromatic rings. The number of benzene rings is 2. The Morgan fingerprint density at radius 1 is 1.25 bits per heavy atom. The lowest BCUT2D eigenvalue weighted by Crippen LogP contribution is -2.24. The van der Waals surface area contributed by atoms with E-state index < -0.39 is 24.3 Å². The van der Waals surface area contributed by atoms with Crippen LogP contribution >= 0.6 is 22.9 Å². The fourth-order valence-corrected chi connectivity index (χ4v) is 3.78. The van der Waals surface area contributed by atoms with Gasteiger partial charge in [-0.25, -0.2) is 4.39 Å². The normalized spacial score (nSPS) is 11.6. The topological polar surface area (TPSA) is 69.9 Å². The molecule has 0 fully saturated rings. The quantitative estimate of drug-likeness (QED) is 0.569. The van der Waals surface area contributed by atoms with Gasteiger partial charge in [0.1, 0.15) is 6.54 Å². The molecule has 1 aromatic heterocycles. The summed E-state index contributed by atoms with van der Waals surface area (Å²) in [5.41, 5.74) is 0.698. The van der Waals surface area contributed by atoms with Crippen LogP contribution in [0.2, 0.25) is 5.02 Å². The number of thiazole rings is 1. The number of fused-ring (bicyclic) bond motifs is 1. The minimum atomic E-state index is -0.612. The van der Waals surface area contributed by atoms with E-state index in [-0.39, 0.29) is 18.9 Å². The Bertz CT molecular complexity index is 1090. The van der Waals surface area contributed by atoms with Crippen LogP contribution in [0.3, 0.4) is 0 Å². The largest absolute Gasteiger partial charge is 0.481 e. The number of para-hydroxylation sites is 1. The van der Waals surface area contributed by atoms with E-state index in [0.717, 1.165) is 4.70 Å². The van der Waals surface area contributed by atoms with E-state index in [4.69, 9.17) is 21.1 Å². The molecular weight excluding hydrogens is 407 g/mol. The van der Waals surface area contributed by atoms with Crippen molar-refractivity contribution in [3.63, 3.8) is 0 Å². The average molecular weight is 423 g/mol. The predicted octanol–water partition coefficient (Wildman–Crippen LogP) is 3.56. The van der Waals surface area contributed by atoms with Crippen LogP contribution in [0, 0.1) is 5.82 Å². The number of amides is 1. The summed E-state index contributed by atoms with van der Waals surface area (Å²) >= 11 is 7.23. The van der Waals surface area contributed by atoms with Gasteiger partial charge in [0.15, 0.2) is 23.0 Å². The highest BCUT2D eigenvalue weighted by molar-refractivity contribution is 7.16. The molecule has 0 saturated carbocycles. The molecule has 0 spiro atoms. The molecule has 1 heterocycles. The van der Waals surface area contributed by atoms with E-state index in [9.17, 15) is 14.0 Å². The molecule has 0 aliphatic rings.